The zero-order valence-electron chi connectivity index (χ0n) is 15.6. The van der Waals surface area contributed by atoms with Gasteiger partial charge in [-0.2, -0.15) is 0 Å². The second-order valence-corrected chi connectivity index (χ2v) is 8.50. The maximum Gasteiger partial charge on any atom is 0.333 e. The molecule has 26 heavy (non-hydrogen) atoms. The van der Waals surface area contributed by atoms with Crippen LogP contribution in [0.25, 0.3) is 0 Å². The maximum atomic E-state index is 11.8. The molecule has 0 aromatic carbocycles. The number of rotatable bonds is 4. The van der Waals surface area contributed by atoms with Gasteiger partial charge < -0.3 is 20.1 Å². The number of carbonyl (C=O) groups excluding carboxylic acids is 1. The number of aliphatic hydroxyl groups excluding tert-OH is 2. The monoisotopic (exact) mass is 364 g/mol. The highest BCUT2D eigenvalue weighted by Crippen LogP contribution is 2.62. The third-order valence-corrected chi connectivity index (χ3v) is 7.33. The Balaban J connectivity index is 1.91. The Hall–Kier alpha value is -1.66. The Labute approximate surface area is 153 Å². The molecule has 2 aliphatic carbocycles. The van der Waals surface area contributed by atoms with E-state index in [1.54, 1.807) is 6.08 Å². The molecule has 3 aliphatic rings. The molecular weight excluding hydrogens is 336 g/mol. The molecule has 1 aliphatic heterocycles. The fourth-order valence-corrected chi connectivity index (χ4v) is 5.51. The van der Waals surface area contributed by atoms with Crippen molar-refractivity contribution in [3.63, 3.8) is 0 Å². The summed E-state index contributed by atoms with van der Waals surface area (Å²) in [6.45, 7) is 6.13. The highest BCUT2D eigenvalue weighted by Gasteiger charge is 2.59. The number of carboxylic acids is 1. The first-order chi connectivity index (χ1) is 12.1. The van der Waals surface area contributed by atoms with Gasteiger partial charge in [0.15, 0.2) is 0 Å². The van der Waals surface area contributed by atoms with E-state index >= 15 is 0 Å². The topological polar surface area (TPSA) is 104 Å². The molecule has 6 atom stereocenters. The Morgan fingerprint density at radius 3 is 2.62 bits per heavy atom. The molecule has 0 spiro atoms. The van der Waals surface area contributed by atoms with Gasteiger partial charge in [-0.25, -0.2) is 9.59 Å². The van der Waals surface area contributed by atoms with Gasteiger partial charge in [-0.15, -0.1) is 0 Å². The van der Waals surface area contributed by atoms with Crippen LogP contribution in [0.15, 0.2) is 23.3 Å². The number of hydrogen-bond donors (Lipinski definition) is 3. The van der Waals surface area contributed by atoms with E-state index in [0.29, 0.717) is 36.8 Å². The van der Waals surface area contributed by atoms with Crippen molar-refractivity contribution in [2.45, 2.75) is 65.3 Å². The van der Waals surface area contributed by atoms with E-state index in [4.69, 9.17) is 4.74 Å². The summed E-state index contributed by atoms with van der Waals surface area (Å²) in [5.41, 5.74) is -0.116. The van der Waals surface area contributed by atoms with Crippen molar-refractivity contribution in [3.8, 4) is 0 Å². The summed E-state index contributed by atoms with van der Waals surface area (Å²) in [6, 6.07) is 0. The molecule has 0 bridgehead atoms. The lowest BCUT2D eigenvalue weighted by Gasteiger charge is -2.59. The minimum absolute atomic E-state index is 0.0145. The fraction of sp³-hybridized carbons (Fsp3) is 0.700. The second kappa shape index (κ2) is 6.50. The predicted octanol–water partition coefficient (Wildman–Crippen LogP) is 2.40. The number of aliphatic hydroxyl groups is 2. The van der Waals surface area contributed by atoms with E-state index in [9.17, 15) is 24.9 Å². The van der Waals surface area contributed by atoms with Crippen LogP contribution in [-0.4, -0.2) is 39.7 Å². The first-order valence-corrected chi connectivity index (χ1v) is 9.31. The van der Waals surface area contributed by atoms with Crippen molar-refractivity contribution in [2.24, 2.45) is 22.7 Å². The highest BCUT2D eigenvalue weighted by molar-refractivity contribution is 5.88. The quantitative estimate of drug-likeness (QED) is 0.662. The lowest BCUT2D eigenvalue weighted by atomic mass is 9.45. The van der Waals surface area contributed by atoms with Gasteiger partial charge in [0.25, 0.3) is 0 Å². The minimum atomic E-state index is -1.18. The van der Waals surface area contributed by atoms with Gasteiger partial charge in [-0.05, 0) is 49.4 Å². The smallest absolute Gasteiger partial charge is 0.333 e. The molecule has 144 valence electrons. The average molecular weight is 364 g/mol. The molecule has 0 aromatic rings. The Morgan fingerprint density at radius 1 is 1.35 bits per heavy atom. The molecule has 0 aromatic heterocycles. The van der Waals surface area contributed by atoms with Crippen LogP contribution in [0.5, 0.6) is 0 Å². The van der Waals surface area contributed by atoms with Crippen LogP contribution in [-0.2, 0) is 14.3 Å². The van der Waals surface area contributed by atoms with Gasteiger partial charge in [0.05, 0.1) is 6.10 Å². The number of carboxylic acid groups (broad SMARTS) is 1. The summed E-state index contributed by atoms with van der Waals surface area (Å²) < 4.78 is 4.76. The molecule has 0 radical (unpaired) electrons. The molecule has 6 nitrogen and oxygen atoms in total. The predicted molar refractivity (Wildman–Crippen MR) is 93.9 cm³/mol. The van der Waals surface area contributed by atoms with E-state index in [-0.39, 0.29) is 17.3 Å². The van der Waals surface area contributed by atoms with Crippen molar-refractivity contribution in [1.82, 2.24) is 0 Å². The molecule has 0 saturated heterocycles. The van der Waals surface area contributed by atoms with E-state index in [1.165, 1.54) is 6.08 Å². The van der Waals surface area contributed by atoms with E-state index in [1.807, 2.05) is 6.92 Å². The van der Waals surface area contributed by atoms with E-state index < -0.39 is 29.7 Å². The first kappa shape index (κ1) is 19.1. The Morgan fingerprint density at radius 2 is 2.04 bits per heavy atom. The lowest BCUT2D eigenvalue weighted by molar-refractivity contribution is -0.151. The van der Waals surface area contributed by atoms with Gasteiger partial charge in [0.2, 0.25) is 6.29 Å². The van der Waals surface area contributed by atoms with Crippen molar-refractivity contribution in [3.05, 3.63) is 23.3 Å². The number of esters is 1. The molecule has 0 amide bonds. The first-order valence-electron chi connectivity index (χ1n) is 9.31. The van der Waals surface area contributed by atoms with Gasteiger partial charge in [0, 0.05) is 22.6 Å². The van der Waals surface area contributed by atoms with E-state index in [0.717, 1.165) is 6.42 Å². The molecule has 3 N–H and O–H groups in total. The SMILES string of the molecule is C[C@@H]1C[C@H](O)[C@@]2(C)C(C(=O)O)=CCC[C@@H]2[C@@]1(C)CCC1=CC(=O)O[C@@H]1O. The standard InChI is InChI=1S/C20H28O6/c1-11-9-15(21)20(3)13(17(23)24)5-4-6-14(20)19(11,2)8-7-12-10-16(22)26-18(12)25/h5,10-11,14-15,18,21,25H,4,6-9H2,1-3H3,(H,23,24)/t11-,14-,15+,18+,19+,20+/m1/s1. The molecule has 0 unspecified atom stereocenters. The van der Waals surface area contributed by atoms with Crippen molar-refractivity contribution in [2.75, 3.05) is 0 Å². The average Bonchev–Trinajstić information content (AvgIpc) is 2.88. The van der Waals surface area contributed by atoms with Crippen LogP contribution in [0.2, 0.25) is 0 Å². The van der Waals surface area contributed by atoms with Crippen LogP contribution in [0.4, 0.5) is 0 Å². The highest BCUT2D eigenvalue weighted by atomic mass is 16.6. The number of fused-ring (bicyclic) bond motifs is 1. The van der Waals surface area contributed by atoms with Crippen LogP contribution in [0, 0.1) is 22.7 Å². The summed E-state index contributed by atoms with van der Waals surface area (Å²) in [5.74, 6) is -1.27. The summed E-state index contributed by atoms with van der Waals surface area (Å²) in [6.07, 6.45) is 4.49. The van der Waals surface area contributed by atoms with Crippen LogP contribution >= 0.6 is 0 Å². The van der Waals surface area contributed by atoms with Gasteiger partial charge in [-0.1, -0.05) is 26.8 Å². The van der Waals surface area contributed by atoms with E-state index in [2.05, 4.69) is 13.8 Å². The normalized spacial score (nSPS) is 42.6. The molecule has 6 heteroatoms. The number of allylic oxidation sites excluding steroid dienone is 1. The molecule has 1 saturated carbocycles. The van der Waals surface area contributed by atoms with Gasteiger partial charge in [0.1, 0.15) is 0 Å². The van der Waals surface area contributed by atoms with Gasteiger partial charge >= 0.3 is 11.9 Å². The molecule has 1 heterocycles. The number of carbonyl (C=O) groups is 2. The zero-order chi connectivity index (χ0) is 19.3. The van der Waals surface area contributed by atoms with Crippen LogP contribution in [0.1, 0.15) is 52.9 Å². The van der Waals surface area contributed by atoms with Gasteiger partial charge in [-0.3, -0.25) is 0 Å². The third kappa shape index (κ3) is 2.79. The molecule has 3 rings (SSSR count). The zero-order valence-corrected chi connectivity index (χ0v) is 15.6. The summed E-state index contributed by atoms with van der Waals surface area (Å²) in [4.78, 5) is 23.2. The van der Waals surface area contributed by atoms with Crippen molar-refractivity contribution in [1.29, 1.82) is 0 Å². The number of cyclic esters (lactones) is 1. The number of hydrogen-bond acceptors (Lipinski definition) is 5. The maximum absolute atomic E-state index is 11.8. The molecule has 1 fully saturated rings. The Kier molecular flexibility index (Phi) is 4.78. The second-order valence-electron chi connectivity index (χ2n) is 8.50. The lowest BCUT2D eigenvalue weighted by Crippen LogP contribution is -2.57. The molecular formula is C20H28O6. The third-order valence-electron chi connectivity index (χ3n) is 7.33. The summed E-state index contributed by atoms with van der Waals surface area (Å²) in [7, 11) is 0. The van der Waals surface area contributed by atoms with Crippen LogP contribution < -0.4 is 0 Å². The number of aliphatic carboxylic acids is 1. The van der Waals surface area contributed by atoms with Crippen LogP contribution in [0.3, 0.4) is 0 Å². The van der Waals surface area contributed by atoms with Crippen molar-refractivity contribution < 1.29 is 29.6 Å². The summed E-state index contributed by atoms with van der Waals surface area (Å²) in [5, 5.41) is 30.3. The summed E-state index contributed by atoms with van der Waals surface area (Å²) >= 11 is 0. The van der Waals surface area contributed by atoms with Crippen molar-refractivity contribution >= 4 is 11.9 Å². The fourth-order valence-electron chi connectivity index (χ4n) is 5.51. The Bertz CT molecular complexity index is 680. The number of ether oxygens (including phenoxy) is 1. The minimum Gasteiger partial charge on any atom is -0.478 e. The largest absolute Gasteiger partial charge is 0.478 e.